The van der Waals surface area contributed by atoms with Gasteiger partial charge in [0.2, 0.25) is 0 Å². The van der Waals surface area contributed by atoms with E-state index in [4.69, 9.17) is 16.3 Å². The van der Waals surface area contributed by atoms with Gasteiger partial charge in [0.1, 0.15) is 23.7 Å². The average Bonchev–Trinajstić information content (AvgIpc) is 2.78. The zero-order valence-corrected chi connectivity index (χ0v) is 19.2. The smallest absolute Gasteiger partial charge is 0.336 e. The van der Waals surface area contributed by atoms with Crippen LogP contribution in [0.4, 0.5) is 14.9 Å². The standard InChI is InChI=1S/C24H15BrClFN2O4/c25-18-6-2-1-5-14(18)13-33-21-10-9-16(26)11-15(21)12-17-22(30)28-24(32)29(23(17)31)20-8-4-3-7-19(20)27/h1-12H,13H2,(H,28,30,32)/b17-12-. The lowest BCUT2D eigenvalue weighted by Gasteiger charge is -2.26. The van der Waals surface area contributed by atoms with Crippen molar-refractivity contribution >= 4 is 57.1 Å². The normalized spacial score (nSPS) is 15.1. The number of barbiturate groups is 1. The molecule has 0 atom stereocenters. The highest BCUT2D eigenvalue weighted by Gasteiger charge is 2.38. The van der Waals surface area contributed by atoms with E-state index in [0.29, 0.717) is 21.2 Å². The summed E-state index contributed by atoms with van der Waals surface area (Å²) >= 11 is 9.58. The predicted molar refractivity (Wildman–Crippen MR) is 125 cm³/mol. The number of hydrogen-bond acceptors (Lipinski definition) is 4. The lowest BCUT2D eigenvalue weighted by molar-refractivity contribution is -0.122. The molecule has 0 bridgehead atoms. The second kappa shape index (κ2) is 9.56. The Morgan fingerprint density at radius 1 is 1.03 bits per heavy atom. The number of carbonyl (C=O) groups excluding carboxylic acids is 3. The fraction of sp³-hybridized carbons (Fsp3) is 0.0417. The number of hydrogen-bond donors (Lipinski definition) is 1. The van der Waals surface area contributed by atoms with E-state index in [0.717, 1.165) is 16.1 Å². The molecule has 3 aromatic rings. The molecule has 0 spiro atoms. The van der Waals surface area contributed by atoms with Gasteiger partial charge < -0.3 is 4.74 Å². The van der Waals surface area contributed by atoms with E-state index >= 15 is 0 Å². The highest BCUT2D eigenvalue weighted by atomic mass is 79.9. The number of ether oxygens (including phenoxy) is 1. The van der Waals surface area contributed by atoms with Crippen LogP contribution in [0, 0.1) is 5.82 Å². The Balaban J connectivity index is 1.70. The van der Waals surface area contributed by atoms with Crippen LogP contribution in [-0.2, 0) is 16.2 Å². The number of para-hydroxylation sites is 1. The molecule has 3 aromatic carbocycles. The van der Waals surface area contributed by atoms with Crippen molar-refractivity contribution in [3.63, 3.8) is 0 Å². The maximum absolute atomic E-state index is 14.3. The van der Waals surface area contributed by atoms with E-state index < -0.39 is 23.7 Å². The first-order valence-corrected chi connectivity index (χ1v) is 10.8. The molecule has 1 heterocycles. The Hall–Kier alpha value is -3.49. The first-order valence-electron chi connectivity index (χ1n) is 9.67. The second-order valence-corrected chi connectivity index (χ2v) is 8.26. The summed E-state index contributed by atoms with van der Waals surface area (Å²) in [7, 11) is 0. The Labute approximate surface area is 201 Å². The van der Waals surface area contributed by atoms with Crippen molar-refractivity contribution in [1.29, 1.82) is 0 Å². The maximum atomic E-state index is 14.3. The molecular formula is C24H15BrClFN2O4. The molecule has 0 aromatic heterocycles. The summed E-state index contributed by atoms with van der Waals surface area (Å²) in [6, 6.07) is 16.5. The molecule has 166 valence electrons. The molecule has 1 fully saturated rings. The van der Waals surface area contributed by atoms with Crippen molar-refractivity contribution in [3.8, 4) is 5.75 Å². The number of amides is 4. The van der Waals surface area contributed by atoms with Crippen molar-refractivity contribution in [1.82, 2.24) is 5.32 Å². The van der Waals surface area contributed by atoms with E-state index in [1.165, 1.54) is 30.3 Å². The number of urea groups is 1. The summed E-state index contributed by atoms with van der Waals surface area (Å²) in [6.45, 7) is 0.208. The quantitative estimate of drug-likeness (QED) is 0.350. The molecule has 1 saturated heterocycles. The van der Waals surface area contributed by atoms with Gasteiger partial charge >= 0.3 is 6.03 Å². The Morgan fingerprint density at radius 2 is 1.76 bits per heavy atom. The number of imide groups is 2. The number of halogens is 3. The van der Waals surface area contributed by atoms with Crippen LogP contribution < -0.4 is 15.0 Å². The van der Waals surface area contributed by atoms with Gasteiger partial charge in [-0.2, -0.15) is 0 Å². The monoisotopic (exact) mass is 528 g/mol. The Morgan fingerprint density at radius 3 is 2.52 bits per heavy atom. The third-order valence-electron chi connectivity index (χ3n) is 4.81. The first kappa shape index (κ1) is 22.7. The van der Waals surface area contributed by atoms with E-state index in [1.54, 1.807) is 12.1 Å². The third kappa shape index (κ3) is 4.81. The van der Waals surface area contributed by atoms with Crippen molar-refractivity contribution in [3.05, 3.63) is 98.7 Å². The molecule has 9 heteroatoms. The van der Waals surface area contributed by atoms with Crippen molar-refractivity contribution < 1.29 is 23.5 Å². The van der Waals surface area contributed by atoms with Gasteiger partial charge in [0.05, 0.1) is 5.69 Å². The van der Waals surface area contributed by atoms with Crippen LogP contribution in [0.1, 0.15) is 11.1 Å². The van der Waals surface area contributed by atoms with Crippen LogP contribution in [0.25, 0.3) is 6.08 Å². The fourth-order valence-electron chi connectivity index (χ4n) is 3.20. The topological polar surface area (TPSA) is 75.7 Å². The predicted octanol–water partition coefficient (Wildman–Crippen LogP) is 5.49. The zero-order chi connectivity index (χ0) is 23.5. The minimum absolute atomic E-state index is 0.208. The molecule has 6 nitrogen and oxygen atoms in total. The van der Waals surface area contributed by atoms with Crippen LogP contribution in [0.5, 0.6) is 5.75 Å². The SMILES string of the molecule is O=C1NC(=O)N(c2ccccc2F)C(=O)/C1=C\c1cc(Cl)ccc1OCc1ccccc1Br. The van der Waals surface area contributed by atoms with Crippen molar-refractivity contribution in [2.24, 2.45) is 0 Å². The Bertz CT molecular complexity index is 1310. The summed E-state index contributed by atoms with van der Waals surface area (Å²) in [5.74, 6) is -2.30. The van der Waals surface area contributed by atoms with Crippen LogP contribution in [0.2, 0.25) is 5.02 Å². The molecule has 4 amide bonds. The second-order valence-electron chi connectivity index (χ2n) is 6.97. The van der Waals surface area contributed by atoms with Gasteiger partial charge in [0.15, 0.2) is 0 Å². The highest BCUT2D eigenvalue weighted by Crippen LogP contribution is 2.29. The molecule has 0 aliphatic carbocycles. The number of benzene rings is 3. The molecule has 4 rings (SSSR count). The summed E-state index contributed by atoms with van der Waals surface area (Å²) in [5, 5.41) is 2.42. The van der Waals surface area contributed by atoms with Crippen LogP contribution in [0.3, 0.4) is 0 Å². The van der Waals surface area contributed by atoms with Gasteiger partial charge in [-0.3, -0.25) is 14.9 Å². The van der Waals surface area contributed by atoms with Gasteiger partial charge in [0, 0.05) is 20.6 Å². The molecule has 0 unspecified atom stereocenters. The van der Waals surface area contributed by atoms with Crippen LogP contribution in [0.15, 0.2) is 76.8 Å². The summed E-state index contributed by atoms with van der Waals surface area (Å²) in [6.07, 6.45) is 1.26. The van der Waals surface area contributed by atoms with Gasteiger partial charge in [0.25, 0.3) is 11.8 Å². The molecule has 1 aliphatic heterocycles. The maximum Gasteiger partial charge on any atom is 0.336 e. The summed E-state index contributed by atoms with van der Waals surface area (Å²) in [4.78, 5) is 38.4. The largest absolute Gasteiger partial charge is 0.488 e. The summed E-state index contributed by atoms with van der Waals surface area (Å²) in [5.41, 5.74) is 0.588. The lowest BCUT2D eigenvalue weighted by Crippen LogP contribution is -2.54. The fourth-order valence-corrected chi connectivity index (χ4v) is 3.78. The van der Waals surface area contributed by atoms with Gasteiger partial charge in [-0.1, -0.05) is 57.9 Å². The van der Waals surface area contributed by atoms with E-state index in [2.05, 4.69) is 21.2 Å². The number of nitrogens with zero attached hydrogens (tertiary/aromatic N) is 1. The molecule has 0 saturated carbocycles. The third-order valence-corrected chi connectivity index (χ3v) is 5.82. The van der Waals surface area contributed by atoms with Crippen LogP contribution in [-0.4, -0.2) is 17.8 Å². The minimum Gasteiger partial charge on any atom is -0.488 e. The molecule has 1 aliphatic rings. The van der Waals surface area contributed by atoms with Gasteiger partial charge in [-0.15, -0.1) is 0 Å². The number of anilines is 1. The molecular weight excluding hydrogens is 515 g/mol. The van der Waals surface area contributed by atoms with E-state index in [1.807, 2.05) is 24.3 Å². The highest BCUT2D eigenvalue weighted by molar-refractivity contribution is 9.10. The summed E-state index contributed by atoms with van der Waals surface area (Å²) < 4.78 is 21.0. The molecule has 1 N–H and O–H groups in total. The first-order chi connectivity index (χ1) is 15.8. The Kier molecular flexibility index (Phi) is 6.57. The zero-order valence-electron chi connectivity index (χ0n) is 16.8. The minimum atomic E-state index is -1.04. The number of carbonyl (C=O) groups is 3. The lowest BCUT2D eigenvalue weighted by atomic mass is 10.1. The van der Waals surface area contributed by atoms with Crippen LogP contribution >= 0.6 is 27.5 Å². The van der Waals surface area contributed by atoms with Crippen molar-refractivity contribution in [2.45, 2.75) is 6.61 Å². The molecule has 0 radical (unpaired) electrons. The van der Waals surface area contributed by atoms with Gasteiger partial charge in [-0.05, 0) is 42.5 Å². The van der Waals surface area contributed by atoms with E-state index in [9.17, 15) is 18.8 Å². The number of nitrogens with one attached hydrogen (secondary N) is 1. The van der Waals surface area contributed by atoms with E-state index in [-0.39, 0.29) is 17.9 Å². The van der Waals surface area contributed by atoms with Crippen molar-refractivity contribution in [2.75, 3.05) is 4.90 Å². The average molecular weight is 530 g/mol. The van der Waals surface area contributed by atoms with Gasteiger partial charge in [-0.25, -0.2) is 14.1 Å². The molecule has 33 heavy (non-hydrogen) atoms. The number of rotatable bonds is 5.